The maximum atomic E-state index is 15.4. The van der Waals surface area contributed by atoms with Gasteiger partial charge < -0.3 is 40.9 Å². The summed E-state index contributed by atoms with van der Waals surface area (Å²) in [7, 11) is 6.07. The first-order chi connectivity index (χ1) is 53.4. The number of rotatable bonds is 23. The van der Waals surface area contributed by atoms with E-state index in [0.29, 0.717) is 141 Å². The number of halogens is 11. The van der Waals surface area contributed by atoms with Crippen LogP contribution in [0.5, 0.6) is 23.0 Å². The number of primary amides is 1. The van der Waals surface area contributed by atoms with Crippen molar-refractivity contribution < 1.29 is 46.0 Å². The van der Waals surface area contributed by atoms with Gasteiger partial charge in [-0.3, -0.25) is 19.7 Å². The molecule has 3 unspecified atom stereocenters. The molecule has 0 spiro atoms. The van der Waals surface area contributed by atoms with Crippen LogP contribution in [0.4, 0.5) is 17.6 Å². The molecule has 4 heterocycles. The first-order valence-electron chi connectivity index (χ1n) is 35.4. The number of ether oxygens (including phenoxy) is 5. The molecule has 0 aliphatic rings. The summed E-state index contributed by atoms with van der Waals surface area (Å²) in [5, 5.41) is 11.0. The van der Waals surface area contributed by atoms with Gasteiger partial charge in [-0.2, -0.15) is 5.26 Å². The van der Waals surface area contributed by atoms with Crippen LogP contribution in [0.15, 0.2) is 219 Å². The molecular weight excluding hydrogens is 1600 g/mol. The maximum Gasteiger partial charge on any atom is 0.218 e. The minimum Gasteiger partial charge on any atom is -0.496 e. The molecule has 0 fully saturated rings. The number of hydrogen-bond acceptors (Lipinski definition) is 13. The smallest absolute Gasteiger partial charge is 0.218 e. The predicted molar refractivity (Wildman–Crippen MR) is 458 cm³/mol. The molecule has 0 saturated heterocycles. The Morgan fingerprint density at radius 2 is 0.684 bits per heavy atom. The number of hydrogen-bond donors (Lipinski definition) is 3. The molecule has 0 radical (unpaired) electrons. The predicted octanol–water partition coefficient (Wildman–Crippen LogP) is 22.8. The number of carbonyl (C=O) groups excluding carboxylic acids is 1. The van der Waals surface area contributed by atoms with Crippen LogP contribution < -0.4 is 36.1 Å². The summed E-state index contributed by atoms with van der Waals surface area (Å²) < 4.78 is 87.3. The molecule has 114 heavy (non-hydrogen) atoms. The fourth-order valence-corrected chi connectivity index (χ4v) is 12.6. The van der Waals surface area contributed by atoms with Crippen LogP contribution in [0.1, 0.15) is 126 Å². The van der Waals surface area contributed by atoms with E-state index in [4.69, 9.17) is 92.6 Å². The molecule has 25 heteroatoms. The molecule has 3 atom stereocenters. The van der Waals surface area contributed by atoms with Crippen LogP contribution in [-0.4, -0.2) is 67.5 Å². The second kappa shape index (κ2) is 47.1. The number of nitrogens with zero attached hydrogens (tertiary/aromatic N) is 5. The molecule has 4 aromatic heterocycles. The Kier molecular flexibility index (Phi) is 39.2. The number of amides is 1. The third-order valence-electron chi connectivity index (χ3n) is 17.5. The Morgan fingerprint density at radius 1 is 0.412 bits per heavy atom. The summed E-state index contributed by atoms with van der Waals surface area (Å²) in [5.74, 6) is 0.0714. The van der Waals surface area contributed by atoms with Crippen molar-refractivity contribution in [3.8, 4) is 73.6 Å². The Morgan fingerprint density at radius 3 is 0.886 bits per heavy atom. The highest BCUT2D eigenvalue weighted by Crippen LogP contribution is 2.41. The summed E-state index contributed by atoms with van der Waals surface area (Å²) >= 11 is 24.3. The maximum absolute atomic E-state index is 15.4. The van der Waals surface area contributed by atoms with Gasteiger partial charge in [0.2, 0.25) is 5.91 Å². The van der Waals surface area contributed by atoms with Gasteiger partial charge in [-0.15, -0.1) is 37.2 Å². The summed E-state index contributed by atoms with van der Waals surface area (Å²) in [6, 6.07) is 58.6. The molecule has 0 bridgehead atoms. The summed E-state index contributed by atoms with van der Waals surface area (Å²) in [6.07, 6.45) is 8.59. The van der Waals surface area contributed by atoms with E-state index in [-0.39, 0.29) is 90.8 Å². The SMILES string of the molecule is CCOCC.COc1ccc(Cc2ccc(C#N)nc2)c(F)c1-c1cccc(Cl)c1.COc1ccc(Cc2ccc(C(C)CC(N)=O)nc2)c(F)c1-c1cccc(Cl)c1.COc1ccc(Cc2ccc(C(C)N)nc2)c(F)c1-c1cccc(Cl)c1.COc1ccc(Cc2ccc(C(C)N)nc2)c(F)c1-c1cccc(Cl)c1.Cl.Cl.Cl. The molecule has 0 saturated carbocycles. The van der Waals surface area contributed by atoms with E-state index in [0.717, 1.165) is 52.5 Å². The Bertz CT molecular complexity index is 4970. The first kappa shape index (κ1) is 94.7. The van der Waals surface area contributed by atoms with Gasteiger partial charge in [-0.1, -0.05) is 150 Å². The van der Waals surface area contributed by atoms with E-state index in [9.17, 15) is 4.79 Å². The topological polar surface area (TPSA) is 217 Å². The highest BCUT2D eigenvalue weighted by Gasteiger charge is 2.23. The minimum atomic E-state index is -0.364. The van der Waals surface area contributed by atoms with E-state index in [1.54, 1.807) is 170 Å². The Hall–Kier alpha value is -9.85. The highest BCUT2D eigenvalue weighted by atomic mass is 35.5. The van der Waals surface area contributed by atoms with Crippen molar-refractivity contribution in [2.45, 2.75) is 84.7 Å². The molecule has 12 aromatic rings. The third kappa shape index (κ3) is 26.6. The number of nitrogens with two attached hydrogens (primary N) is 3. The van der Waals surface area contributed by atoms with Crippen LogP contribution in [0, 0.1) is 34.6 Å². The Labute approximate surface area is 702 Å². The summed E-state index contributed by atoms with van der Waals surface area (Å²) in [5.41, 5.74) is 29.6. The van der Waals surface area contributed by atoms with E-state index in [1.807, 2.05) is 89.2 Å². The quantitative estimate of drug-likeness (QED) is 0.0509. The average Bonchev–Trinajstić information content (AvgIpc) is 0.811. The average molecular weight is 1690 g/mol. The van der Waals surface area contributed by atoms with Crippen molar-refractivity contribution in [2.75, 3.05) is 41.7 Å². The van der Waals surface area contributed by atoms with Crippen LogP contribution in [0.2, 0.25) is 20.1 Å². The molecule has 6 N–H and O–H groups in total. The van der Waals surface area contributed by atoms with Gasteiger partial charge in [0.15, 0.2) is 0 Å². The van der Waals surface area contributed by atoms with E-state index < -0.39 is 0 Å². The second-order valence-corrected chi connectivity index (χ2v) is 27.3. The number of benzene rings is 8. The standard InChI is InChI=1S/C23H22ClFN2O2.2C21H20ClFN2O.C20H14ClFN2O.C4H10O.3ClH/c1-14(10-21(26)28)19-8-6-15(13-27-19)11-17-7-9-20(29-2)22(23(17)25)16-4-3-5-18(24)12-16;2*1-13(24)18-8-6-14(12-25-18)10-16-7-9-19(26-2)20(21(16)23)15-4-3-5-17(22)11-15;1-25-18-8-6-15(9-13-5-7-17(11-23)24-12-13)20(22)19(18)14-3-2-4-16(21)10-14;1-3-5-4-2;;;/h3-9,12-14H,10-11H2,1-2H3,(H2,26,28);2*3-9,11-13H,10,24H2,1-2H3;2-8,10,12H,9H2,1H3;3-4H2,1-2H3;3*1H. The van der Waals surface area contributed by atoms with Gasteiger partial charge in [-0.05, 0) is 192 Å². The van der Waals surface area contributed by atoms with Crippen molar-refractivity contribution >= 4 is 89.5 Å². The van der Waals surface area contributed by atoms with Crippen LogP contribution in [0.25, 0.3) is 44.5 Å². The van der Waals surface area contributed by atoms with Crippen LogP contribution in [0.3, 0.4) is 0 Å². The minimum absolute atomic E-state index is 0. The van der Waals surface area contributed by atoms with Gasteiger partial charge in [0.05, 0.1) is 62.1 Å². The van der Waals surface area contributed by atoms with Crippen molar-refractivity contribution in [3.05, 3.63) is 330 Å². The normalized spacial score (nSPS) is 11.1. The van der Waals surface area contributed by atoms with Crippen molar-refractivity contribution in [1.29, 1.82) is 5.26 Å². The molecule has 14 nitrogen and oxygen atoms in total. The summed E-state index contributed by atoms with van der Waals surface area (Å²) in [6.45, 7) is 11.3. The molecular formula is C89H89Cl7F4N8O6. The van der Waals surface area contributed by atoms with Gasteiger partial charge in [0, 0.05) is 114 Å². The Balaban J connectivity index is 0.000000264. The highest BCUT2D eigenvalue weighted by molar-refractivity contribution is 6.32. The lowest BCUT2D eigenvalue weighted by atomic mass is 9.97. The fraction of sp³-hybridized carbons (Fsp3) is 0.213. The van der Waals surface area contributed by atoms with Gasteiger partial charge in [-0.25, -0.2) is 22.5 Å². The van der Waals surface area contributed by atoms with E-state index in [2.05, 4.69) is 19.9 Å². The third-order valence-corrected chi connectivity index (χ3v) is 18.4. The summed E-state index contributed by atoms with van der Waals surface area (Å²) in [4.78, 5) is 28.2. The number of pyridine rings is 4. The number of nitriles is 1. The van der Waals surface area contributed by atoms with Crippen LogP contribution in [-0.2, 0) is 35.2 Å². The number of aromatic nitrogens is 4. The molecule has 12 rings (SSSR count). The van der Waals surface area contributed by atoms with Gasteiger partial charge in [0.1, 0.15) is 58.0 Å². The zero-order valence-electron chi connectivity index (χ0n) is 64.1. The molecule has 598 valence electrons. The molecule has 0 aliphatic heterocycles. The number of methoxy groups -OCH3 is 4. The van der Waals surface area contributed by atoms with Gasteiger partial charge in [0.25, 0.3) is 0 Å². The van der Waals surface area contributed by atoms with Crippen molar-refractivity contribution in [2.24, 2.45) is 17.2 Å². The second-order valence-electron chi connectivity index (χ2n) is 25.6. The lowest BCUT2D eigenvalue weighted by Crippen LogP contribution is -2.14. The lowest BCUT2D eigenvalue weighted by molar-refractivity contribution is -0.118. The van der Waals surface area contributed by atoms with Crippen molar-refractivity contribution in [1.82, 2.24) is 19.9 Å². The molecule has 8 aromatic carbocycles. The van der Waals surface area contributed by atoms with Gasteiger partial charge >= 0.3 is 0 Å². The molecule has 1 amide bonds. The van der Waals surface area contributed by atoms with Crippen LogP contribution >= 0.6 is 83.6 Å². The zero-order valence-corrected chi connectivity index (χ0v) is 69.6. The molecule has 0 aliphatic carbocycles. The number of carbonyl (C=O) groups is 1. The zero-order chi connectivity index (χ0) is 80.3. The monoisotopic (exact) mass is 1690 g/mol. The van der Waals surface area contributed by atoms with E-state index in [1.165, 1.54) is 28.4 Å². The fourth-order valence-electron chi connectivity index (χ4n) is 11.8. The van der Waals surface area contributed by atoms with Crippen molar-refractivity contribution in [3.63, 3.8) is 0 Å². The first-order valence-corrected chi connectivity index (χ1v) is 36.9. The lowest BCUT2D eigenvalue weighted by Gasteiger charge is -2.14. The van der Waals surface area contributed by atoms with E-state index >= 15 is 17.6 Å². The largest absolute Gasteiger partial charge is 0.496 e.